The van der Waals surface area contributed by atoms with Crippen molar-refractivity contribution in [2.75, 3.05) is 6.61 Å². The molecule has 0 N–H and O–H groups in total. The number of ether oxygens (including phenoxy) is 1. The fourth-order valence-corrected chi connectivity index (χ4v) is 3.83. The van der Waals surface area contributed by atoms with E-state index in [-0.39, 0.29) is 17.3 Å². The molecule has 2 heteroatoms. The predicted molar refractivity (Wildman–Crippen MR) is 52.5 cm³/mol. The second kappa shape index (κ2) is 2.41. The highest BCUT2D eigenvalue weighted by Gasteiger charge is 2.61. The number of cyclic esters (lactones) is 1. The Morgan fingerprint density at radius 2 is 2.29 bits per heavy atom. The van der Waals surface area contributed by atoms with Crippen LogP contribution in [0.3, 0.4) is 0 Å². The summed E-state index contributed by atoms with van der Waals surface area (Å²) in [4.78, 5) is 11.8. The first-order valence-corrected chi connectivity index (χ1v) is 5.45. The Morgan fingerprint density at radius 1 is 1.50 bits per heavy atom. The molecule has 76 valence electrons. The number of esters is 1. The number of allylic oxidation sites excluding steroid dienone is 2. The summed E-state index contributed by atoms with van der Waals surface area (Å²) in [7, 11) is 0. The van der Waals surface area contributed by atoms with E-state index in [2.05, 4.69) is 26.0 Å². The van der Waals surface area contributed by atoms with Crippen LogP contribution in [-0.4, -0.2) is 12.6 Å². The molecular weight excluding hydrogens is 176 g/mol. The maximum absolute atomic E-state index is 11.8. The average Bonchev–Trinajstić information content (AvgIpc) is 2.55. The minimum atomic E-state index is 0.0439. The fraction of sp³-hybridized carbons (Fsp3) is 0.750. The van der Waals surface area contributed by atoms with Gasteiger partial charge in [0.25, 0.3) is 0 Å². The van der Waals surface area contributed by atoms with Crippen LogP contribution in [0.4, 0.5) is 0 Å². The minimum Gasteiger partial charge on any atom is -0.465 e. The quantitative estimate of drug-likeness (QED) is 0.433. The van der Waals surface area contributed by atoms with E-state index in [0.29, 0.717) is 24.4 Å². The van der Waals surface area contributed by atoms with Crippen molar-refractivity contribution in [1.82, 2.24) is 0 Å². The summed E-state index contributed by atoms with van der Waals surface area (Å²) in [6.07, 6.45) is 5.62. The molecule has 3 rings (SSSR count). The molecule has 2 nitrogen and oxygen atoms in total. The second-order valence-corrected chi connectivity index (χ2v) is 5.44. The largest absolute Gasteiger partial charge is 0.465 e. The van der Waals surface area contributed by atoms with Gasteiger partial charge < -0.3 is 4.74 Å². The van der Waals surface area contributed by atoms with E-state index < -0.39 is 0 Å². The van der Waals surface area contributed by atoms with Crippen LogP contribution >= 0.6 is 0 Å². The number of rotatable bonds is 0. The molecule has 1 saturated carbocycles. The molecule has 0 aromatic carbocycles. The van der Waals surface area contributed by atoms with Crippen LogP contribution in [0.15, 0.2) is 12.2 Å². The summed E-state index contributed by atoms with van der Waals surface area (Å²) in [6, 6.07) is 0. The highest BCUT2D eigenvalue weighted by atomic mass is 16.5. The Hall–Kier alpha value is -0.790. The maximum atomic E-state index is 11.8. The topological polar surface area (TPSA) is 26.3 Å². The molecule has 1 heterocycles. The molecule has 2 fully saturated rings. The van der Waals surface area contributed by atoms with Crippen molar-refractivity contribution in [3.8, 4) is 0 Å². The van der Waals surface area contributed by atoms with Crippen LogP contribution in [0.2, 0.25) is 0 Å². The van der Waals surface area contributed by atoms with Crippen LogP contribution in [0.1, 0.15) is 20.3 Å². The Bertz CT molecular complexity index is 316. The lowest BCUT2D eigenvalue weighted by molar-refractivity contribution is -0.163. The third kappa shape index (κ3) is 0.800. The third-order valence-corrected chi connectivity index (χ3v) is 4.57. The molecule has 0 spiro atoms. The molecular formula is C12H16O2. The molecule has 1 saturated heterocycles. The van der Waals surface area contributed by atoms with Crippen LogP contribution in [0.25, 0.3) is 0 Å². The van der Waals surface area contributed by atoms with Gasteiger partial charge >= 0.3 is 5.97 Å². The molecule has 0 unspecified atom stereocenters. The number of carbonyl (C=O) groups excluding carboxylic acids is 1. The van der Waals surface area contributed by atoms with E-state index in [9.17, 15) is 4.79 Å². The molecule has 2 bridgehead atoms. The minimum absolute atomic E-state index is 0.0439. The predicted octanol–water partition coefficient (Wildman–Crippen LogP) is 2.01. The number of fused-ring (bicyclic) bond motifs is 5. The van der Waals surface area contributed by atoms with Gasteiger partial charge in [-0.1, -0.05) is 26.0 Å². The second-order valence-electron chi connectivity index (χ2n) is 5.44. The first kappa shape index (κ1) is 8.51. The molecule has 3 aliphatic rings. The van der Waals surface area contributed by atoms with E-state index in [1.807, 2.05) is 0 Å². The smallest absolute Gasteiger partial charge is 0.309 e. The maximum Gasteiger partial charge on any atom is 0.309 e. The van der Waals surface area contributed by atoms with Crippen molar-refractivity contribution < 1.29 is 9.53 Å². The molecule has 0 aromatic heterocycles. The Balaban J connectivity index is 2.07. The Morgan fingerprint density at radius 3 is 3.07 bits per heavy atom. The average molecular weight is 192 g/mol. The van der Waals surface area contributed by atoms with E-state index in [0.717, 1.165) is 6.42 Å². The van der Waals surface area contributed by atoms with Crippen molar-refractivity contribution in [1.29, 1.82) is 0 Å². The Kier molecular flexibility index (Phi) is 1.47. The van der Waals surface area contributed by atoms with Crippen molar-refractivity contribution in [2.24, 2.45) is 29.1 Å². The van der Waals surface area contributed by atoms with Crippen molar-refractivity contribution in [3.63, 3.8) is 0 Å². The third-order valence-electron chi connectivity index (χ3n) is 4.57. The zero-order chi connectivity index (χ0) is 9.92. The van der Waals surface area contributed by atoms with Gasteiger partial charge in [-0.3, -0.25) is 4.79 Å². The fourth-order valence-electron chi connectivity index (χ4n) is 3.83. The zero-order valence-corrected chi connectivity index (χ0v) is 8.69. The highest BCUT2D eigenvalue weighted by molar-refractivity contribution is 5.76. The molecule has 4 atom stereocenters. The molecule has 0 aromatic rings. The molecule has 2 aliphatic carbocycles. The van der Waals surface area contributed by atoms with Gasteiger partial charge in [-0.15, -0.1) is 0 Å². The van der Waals surface area contributed by atoms with Crippen LogP contribution in [0, 0.1) is 29.1 Å². The summed E-state index contributed by atoms with van der Waals surface area (Å²) in [5.74, 6) is 1.86. The summed E-state index contributed by atoms with van der Waals surface area (Å²) >= 11 is 0. The van der Waals surface area contributed by atoms with Gasteiger partial charge in [-0.2, -0.15) is 0 Å². The van der Waals surface area contributed by atoms with Crippen LogP contribution in [0.5, 0.6) is 0 Å². The highest BCUT2D eigenvalue weighted by Crippen LogP contribution is 2.60. The lowest BCUT2D eigenvalue weighted by atomic mass is 9.72. The number of carbonyl (C=O) groups is 1. The number of hydrogen-bond donors (Lipinski definition) is 0. The summed E-state index contributed by atoms with van der Waals surface area (Å²) in [6.45, 7) is 5.09. The standard InChI is InChI=1S/C12H16O2/c1-12(2)9-6-14-11(13)10(12)8-5-3-4-7(8)9/h3-4,7-10H,5-6H2,1-2H3/t7-,8+,9-,10-/m0/s1. The van der Waals surface area contributed by atoms with Crippen molar-refractivity contribution >= 4 is 5.97 Å². The number of hydrogen-bond acceptors (Lipinski definition) is 2. The van der Waals surface area contributed by atoms with Gasteiger partial charge in [-0.05, 0) is 23.7 Å². The van der Waals surface area contributed by atoms with Gasteiger partial charge in [0.15, 0.2) is 0 Å². The molecule has 0 amide bonds. The zero-order valence-electron chi connectivity index (χ0n) is 8.69. The van der Waals surface area contributed by atoms with Crippen molar-refractivity contribution in [2.45, 2.75) is 20.3 Å². The van der Waals surface area contributed by atoms with Gasteiger partial charge in [0.1, 0.15) is 0 Å². The van der Waals surface area contributed by atoms with E-state index >= 15 is 0 Å². The van der Waals surface area contributed by atoms with E-state index in [4.69, 9.17) is 4.74 Å². The van der Waals surface area contributed by atoms with Crippen molar-refractivity contribution in [3.05, 3.63) is 12.2 Å². The lowest BCUT2D eigenvalue weighted by Crippen LogP contribution is -2.41. The summed E-state index contributed by atoms with van der Waals surface area (Å²) in [5, 5.41) is 0. The molecule has 1 aliphatic heterocycles. The van der Waals surface area contributed by atoms with Crippen LogP contribution < -0.4 is 0 Å². The van der Waals surface area contributed by atoms with Gasteiger partial charge in [0.05, 0.1) is 12.5 Å². The summed E-state index contributed by atoms with van der Waals surface area (Å²) < 4.78 is 5.26. The van der Waals surface area contributed by atoms with E-state index in [1.54, 1.807) is 0 Å². The Labute approximate surface area is 84.3 Å². The summed E-state index contributed by atoms with van der Waals surface area (Å²) in [5.41, 5.74) is 0.148. The monoisotopic (exact) mass is 192 g/mol. The first-order valence-electron chi connectivity index (χ1n) is 5.45. The van der Waals surface area contributed by atoms with Crippen LogP contribution in [-0.2, 0) is 9.53 Å². The first-order chi connectivity index (χ1) is 6.62. The lowest BCUT2D eigenvalue weighted by Gasteiger charge is -2.37. The van der Waals surface area contributed by atoms with E-state index in [1.165, 1.54) is 0 Å². The van der Waals surface area contributed by atoms with Gasteiger partial charge in [-0.25, -0.2) is 0 Å². The molecule has 0 radical (unpaired) electrons. The normalized spacial score (nSPS) is 47.7. The van der Waals surface area contributed by atoms with Gasteiger partial charge in [0, 0.05) is 5.92 Å². The molecule has 14 heavy (non-hydrogen) atoms. The van der Waals surface area contributed by atoms with Gasteiger partial charge in [0.2, 0.25) is 0 Å². The SMILES string of the molecule is CC1(C)[C@@H]2C(=O)OC[C@H]1[C@H]1C=CC[C@H]12.